The van der Waals surface area contributed by atoms with Crippen LogP contribution < -0.4 is 0 Å². The summed E-state index contributed by atoms with van der Waals surface area (Å²) in [5, 5.41) is 8.85. The molecule has 1 aromatic rings. The van der Waals surface area contributed by atoms with Gasteiger partial charge in [0.05, 0.1) is 0 Å². The molecule has 0 bridgehead atoms. The maximum atomic E-state index is 8.85. The second-order valence-electron chi connectivity index (χ2n) is 3.56. The predicted octanol–water partition coefficient (Wildman–Crippen LogP) is 1.37. The summed E-state index contributed by atoms with van der Waals surface area (Å²) >= 11 is 0. The van der Waals surface area contributed by atoms with E-state index in [9.17, 15) is 0 Å². The summed E-state index contributed by atoms with van der Waals surface area (Å²) < 4.78 is 2.12. The molecule has 3 heteroatoms. The highest BCUT2D eigenvalue weighted by atomic mass is 15.2. The van der Waals surface area contributed by atoms with Crippen LogP contribution in [0.15, 0.2) is 12.1 Å². The molecule has 0 radical (unpaired) electrons. The van der Waals surface area contributed by atoms with E-state index in [1.165, 1.54) is 5.69 Å². The van der Waals surface area contributed by atoms with Crippen LogP contribution in [0.4, 0.5) is 0 Å². The van der Waals surface area contributed by atoms with Gasteiger partial charge in [-0.2, -0.15) is 5.26 Å². The second-order valence-corrected chi connectivity index (χ2v) is 3.56. The van der Waals surface area contributed by atoms with Gasteiger partial charge in [0, 0.05) is 24.8 Å². The summed E-state index contributed by atoms with van der Waals surface area (Å²) in [6.45, 7) is 4.13. The molecule has 1 aliphatic rings. The van der Waals surface area contributed by atoms with E-state index in [1.54, 1.807) is 0 Å². The highest BCUT2D eigenvalue weighted by Crippen LogP contribution is 2.25. The van der Waals surface area contributed by atoms with Crippen molar-refractivity contribution >= 4 is 0 Å². The molecule has 0 aromatic carbocycles. The number of rotatable bonds is 0. The molecule has 1 aromatic heterocycles. The lowest BCUT2D eigenvalue weighted by molar-refractivity contribution is 0.210. The molecule has 2 heterocycles. The van der Waals surface area contributed by atoms with Crippen LogP contribution >= 0.6 is 0 Å². The number of hydrogen-bond acceptors (Lipinski definition) is 2. The molecule has 0 saturated heterocycles. The van der Waals surface area contributed by atoms with Crippen molar-refractivity contribution in [2.75, 3.05) is 13.6 Å². The third-order valence-corrected chi connectivity index (χ3v) is 2.89. The summed E-state index contributed by atoms with van der Waals surface area (Å²) in [4.78, 5) is 2.30. The lowest BCUT2D eigenvalue weighted by atomic mass is 10.2. The minimum absolute atomic E-state index is 0.427. The van der Waals surface area contributed by atoms with Crippen molar-refractivity contribution in [2.24, 2.45) is 0 Å². The standard InChI is InChI=1S/C10H13N3/c1-8-10-4-3-9(7-11)13(10)6-5-12(8)2/h3-4,8H,5-6H2,1-2H3. The SMILES string of the molecule is CC1c2ccc(C#N)n2CCN1C. The molecule has 0 fully saturated rings. The molecular formula is C10H13N3. The zero-order valence-corrected chi connectivity index (χ0v) is 7.99. The van der Waals surface area contributed by atoms with Gasteiger partial charge in [0.2, 0.25) is 0 Å². The molecule has 0 spiro atoms. The van der Waals surface area contributed by atoms with Crippen molar-refractivity contribution in [3.8, 4) is 6.07 Å². The topological polar surface area (TPSA) is 32.0 Å². The second kappa shape index (κ2) is 2.90. The maximum Gasteiger partial charge on any atom is 0.120 e. The molecule has 0 amide bonds. The highest BCUT2D eigenvalue weighted by molar-refractivity contribution is 5.29. The summed E-state index contributed by atoms with van der Waals surface area (Å²) in [6, 6.07) is 6.60. The van der Waals surface area contributed by atoms with Gasteiger partial charge in [-0.3, -0.25) is 4.90 Å². The fraction of sp³-hybridized carbons (Fsp3) is 0.500. The minimum atomic E-state index is 0.427. The van der Waals surface area contributed by atoms with Gasteiger partial charge in [0.15, 0.2) is 0 Å². The summed E-state index contributed by atoms with van der Waals surface area (Å²) in [5.41, 5.74) is 2.04. The smallest absolute Gasteiger partial charge is 0.120 e. The molecule has 1 atom stereocenters. The number of nitrogens with zero attached hydrogens (tertiary/aromatic N) is 3. The Kier molecular flexibility index (Phi) is 1.86. The lowest BCUT2D eigenvalue weighted by Gasteiger charge is -2.31. The number of hydrogen-bond donors (Lipinski definition) is 0. The third-order valence-electron chi connectivity index (χ3n) is 2.89. The molecule has 1 aliphatic heterocycles. The monoisotopic (exact) mass is 175 g/mol. The first-order valence-corrected chi connectivity index (χ1v) is 4.54. The molecular weight excluding hydrogens is 162 g/mol. The molecule has 0 saturated carbocycles. The minimum Gasteiger partial charge on any atom is -0.334 e. The molecule has 0 N–H and O–H groups in total. The lowest BCUT2D eigenvalue weighted by Crippen LogP contribution is -2.33. The molecule has 0 aliphatic carbocycles. The van der Waals surface area contributed by atoms with Gasteiger partial charge < -0.3 is 4.57 Å². The summed E-state index contributed by atoms with van der Waals surface area (Å²) in [7, 11) is 2.12. The van der Waals surface area contributed by atoms with Gasteiger partial charge in [-0.25, -0.2) is 0 Å². The van der Waals surface area contributed by atoms with Gasteiger partial charge >= 0.3 is 0 Å². The first-order chi connectivity index (χ1) is 6.24. The van der Waals surface area contributed by atoms with Crippen molar-refractivity contribution in [2.45, 2.75) is 19.5 Å². The van der Waals surface area contributed by atoms with Gasteiger partial charge in [0.1, 0.15) is 11.8 Å². The molecule has 68 valence electrons. The number of likely N-dealkylation sites (N-methyl/N-ethyl adjacent to an activating group) is 1. The molecule has 3 nitrogen and oxygen atoms in total. The van der Waals surface area contributed by atoms with Crippen molar-refractivity contribution in [3.05, 3.63) is 23.5 Å². The fourth-order valence-corrected chi connectivity index (χ4v) is 1.87. The summed E-state index contributed by atoms with van der Waals surface area (Å²) in [5.74, 6) is 0. The molecule has 2 rings (SSSR count). The summed E-state index contributed by atoms with van der Waals surface area (Å²) in [6.07, 6.45) is 0. The van der Waals surface area contributed by atoms with Gasteiger partial charge in [-0.05, 0) is 26.1 Å². The van der Waals surface area contributed by atoms with Crippen LogP contribution in [0.1, 0.15) is 24.4 Å². The number of aromatic nitrogens is 1. The van der Waals surface area contributed by atoms with E-state index in [1.807, 2.05) is 6.07 Å². The molecule has 13 heavy (non-hydrogen) atoms. The average Bonchev–Trinajstić information content (AvgIpc) is 2.55. The number of nitriles is 1. The van der Waals surface area contributed by atoms with E-state index in [-0.39, 0.29) is 0 Å². The highest BCUT2D eigenvalue weighted by Gasteiger charge is 2.22. The normalized spacial score (nSPS) is 22.4. The number of fused-ring (bicyclic) bond motifs is 1. The Morgan fingerprint density at radius 1 is 1.46 bits per heavy atom. The quantitative estimate of drug-likeness (QED) is 0.596. The Morgan fingerprint density at radius 2 is 2.23 bits per heavy atom. The van der Waals surface area contributed by atoms with Crippen molar-refractivity contribution in [3.63, 3.8) is 0 Å². The predicted molar refractivity (Wildman–Crippen MR) is 50.2 cm³/mol. The van der Waals surface area contributed by atoms with E-state index in [4.69, 9.17) is 5.26 Å². The Labute approximate surface area is 78.2 Å². The first kappa shape index (κ1) is 8.33. The van der Waals surface area contributed by atoms with E-state index >= 15 is 0 Å². The van der Waals surface area contributed by atoms with Gasteiger partial charge in [-0.1, -0.05) is 0 Å². The Bertz CT molecular complexity index is 359. The van der Waals surface area contributed by atoms with Crippen LogP contribution in [-0.4, -0.2) is 23.1 Å². The maximum absolute atomic E-state index is 8.85. The van der Waals surface area contributed by atoms with Crippen molar-refractivity contribution in [1.29, 1.82) is 5.26 Å². The van der Waals surface area contributed by atoms with Crippen LogP contribution in [0.5, 0.6) is 0 Å². The Balaban J connectivity index is 2.47. The van der Waals surface area contributed by atoms with Crippen LogP contribution in [-0.2, 0) is 6.54 Å². The molecule has 1 unspecified atom stereocenters. The first-order valence-electron chi connectivity index (χ1n) is 4.54. The van der Waals surface area contributed by atoms with Crippen molar-refractivity contribution in [1.82, 2.24) is 9.47 Å². The average molecular weight is 175 g/mol. The van der Waals surface area contributed by atoms with Crippen LogP contribution in [0.25, 0.3) is 0 Å². The van der Waals surface area contributed by atoms with Crippen LogP contribution in [0.3, 0.4) is 0 Å². The largest absolute Gasteiger partial charge is 0.334 e. The van der Waals surface area contributed by atoms with E-state index < -0.39 is 0 Å². The zero-order chi connectivity index (χ0) is 9.42. The fourth-order valence-electron chi connectivity index (χ4n) is 1.87. The van der Waals surface area contributed by atoms with Crippen LogP contribution in [0, 0.1) is 11.3 Å². The van der Waals surface area contributed by atoms with Gasteiger partial charge in [0.25, 0.3) is 0 Å². The Morgan fingerprint density at radius 3 is 2.92 bits per heavy atom. The Hall–Kier alpha value is -1.27. The van der Waals surface area contributed by atoms with E-state index in [2.05, 4.69) is 35.6 Å². The van der Waals surface area contributed by atoms with E-state index in [0.29, 0.717) is 6.04 Å². The van der Waals surface area contributed by atoms with E-state index in [0.717, 1.165) is 18.8 Å². The third kappa shape index (κ3) is 1.14. The van der Waals surface area contributed by atoms with Crippen molar-refractivity contribution < 1.29 is 0 Å². The van der Waals surface area contributed by atoms with Crippen LogP contribution in [0.2, 0.25) is 0 Å². The zero-order valence-electron chi connectivity index (χ0n) is 7.99. The van der Waals surface area contributed by atoms with Gasteiger partial charge in [-0.15, -0.1) is 0 Å².